The Balaban J connectivity index is 1.01. The van der Waals surface area contributed by atoms with Gasteiger partial charge in [-0.25, -0.2) is 0 Å². The van der Waals surface area contributed by atoms with E-state index in [2.05, 4.69) is 210 Å². The highest BCUT2D eigenvalue weighted by molar-refractivity contribution is 7.25. The lowest BCUT2D eigenvalue weighted by Crippen LogP contribution is -1.95. The number of hydrogen-bond donors (Lipinski definition) is 1. The maximum atomic E-state index is 3.72. The minimum absolute atomic E-state index is 1.06. The van der Waals surface area contributed by atoms with Crippen LogP contribution in [-0.4, -0.2) is 4.57 Å². The van der Waals surface area contributed by atoms with E-state index in [1.165, 1.54) is 80.6 Å². The molecule has 1 N–H and O–H groups in total. The van der Waals surface area contributed by atoms with Gasteiger partial charge in [0.25, 0.3) is 0 Å². The van der Waals surface area contributed by atoms with Gasteiger partial charge >= 0.3 is 0 Å². The van der Waals surface area contributed by atoms with Gasteiger partial charge in [-0.05, 0) is 99.3 Å². The summed E-state index contributed by atoms with van der Waals surface area (Å²) in [7, 11) is 0. The number of nitrogens with one attached hydrogen (secondary N) is 1. The van der Waals surface area contributed by atoms with Gasteiger partial charge in [0.15, 0.2) is 0 Å². The van der Waals surface area contributed by atoms with E-state index in [1.807, 2.05) is 11.3 Å². The molecule has 2 heterocycles. The topological polar surface area (TPSA) is 17.0 Å². The second-order valence-corrected chi connectivity index (χ2v) is 15.3. The Bertz CT molecular complexity index is 3230. The second kappa shape index (κ2) is 12.9. The lowest BCUT2D eigenvalue weighted by Gasteiger charge is -2.15. The molecular formula is C52H34N2S. The van der Waals surface area contributed by atoms with Crippen LogP contribution in [0.1, 0.15) is 0 Å². The van der Waals surface area contributed by atoms with Crippen LogP contribution in [-0.2, 0) is 0 Å². The van der Waals surface area contributed by atoms with E-state index < -0.39 is 0 Å². The highest BCUT2D eigenvalue weighted by Gasteiger charge is 2.16. The zero-order valence-corrected chi connectivity index (χ0v) is 30.7. The number of nitrogens with zero attached hydrogens (tertiary/aromatic N) is 1. The SMILES string of the molecule is c1ccc(Nc2cc(-c3ccc4c5ccccc5n(-c5ccc6cc(-c7ccc8c(c7)sc7ccccc78)ccc6c5)c4c3)ccc2-c2ccccc2)cc1. The number of rotatable bonds is 6. The van der Waals surface area contributed by atoms with Crippen molar-refractivity contribution in [3.05, 3.63) is 200 Å². The maximum Gasteiger partial charge on any atom is 0.0547 e. The summed E-state index contributed by atoms with van der Waals surface area (Å²) in [5, 5.41) is 11.3. The third-order valence-corrected chi connectivity index (χ3v) is 12.1. The standard InChI is InChI=1S/C52H34N2S/c1-3-11-34(12-4-1)43-26-22-38(31-48(43)53-41-13-5-2-6-14-41)39-23-27-45-44-15-7-9-17-49(44)54(50(45)32-39)42-25-21-36-29-35(19-20-37(36)30-42)40-24-28-47-46-16-8-10-18-51(46)55-52(47)33-40/h1-33,53H. The first-order valence-corrected chi connectivity index (χ1v) is 19.6. The molecule has 9 aromatic carbocycles. The summed E-state index contributed by atoms with van der Waals surface area (Å²) < 4.78 is 5.10. The van der Waals surface area contributed by atoms with E-state index in [1.54, 1.807) is 0 Å². The smallest absolute Gasteiger partial charge is 0.0547 e. The van der Waals surface area contributed by atoms with E-state index in [4.69, 9.17) is 0 Å². The molecule has 0 fully saturated rings. The Hall–Kier alpha value is -6.94. The minimum Gasteiger partial charge on any atom is -0.355 e. The zero-order chi connectivity index (χ0) is 36.3. The van der Waals surface area contributed by atoms with Crippen LogP contribution in [0.15, 0.2) is 200 Å². The van der Waals surface area contributed by atoms with Crippen LogP contribution in [0.5, 0.6) is 0 Å². The predicted molar refractivity (Wildman–Crippen MR) is 237 cm³/mol. The van der Waals surface area contributed by atoms with Crippen molar-refractivity contribution >= 4 is 75.5 Å². The highest BCUT2D eigenvalue weighted by Crippen LogP contribution is 2.40. The predicted octanol–water partition coefficient (Wildman–Crippen LogP) is 15.0. The van der Waals surface area contributed by atoms with Crippen LogP contribution in [0.25, 0.3) is 91.8 Å². The molecule has 0 aliphatic rings. The first kappa shape index (κ1) is 31.6. The van der Waals surface area contributed by atoms with Gasteiger partial charge in [0.2, 0.25) is 0 Å². The summed E-state index contributed by atoms with van der Waals surface area (Å²) in [6.45, 7) is 0. The number of thiophene rings is 1. The van der Waals surface area contributed by atoms with E-state index in [9.17, 15) is 0 Å². The fourth-order valence-corrected chi connectivity index (χ4v) is 9.40. The molecule has 0 saturated carbocycles. The van der Waals surface area contributed by atoms with Gasteiger partial charge in [-0.15, -0.1) is 11.3 Å². The molecule has 0 spiro atoms. The molecule has 3 heteroatoms. The summed E-state index contributed by atoms with van der Waals surface area (Å²) in [4.78, 5) is 0. The average Bonchev–Trinajstić information content (AvgIpc) is 3.79. The normalized spacial score (nSPS) is 11.6. The third kappa shape index (κ3) is 5.48. The number of aromatic nitrogens is 1. The Morgan fingerprint density at radius 3 is 1.84 bits per heavy atom. The van der Waals surface area contributed by atoms with Crippen LogP contribution >= 0.6 is 11.3 Å². The second-order valence-electron chi connectivity index (χ2n) is 14.3. The van der Waals surface area contributed by atoms with Crippen molar-refractivity contribution < 1.29 is 0 Å². The van der Waals surface area contributed by atoms with Gasteiger partial charge in [-0.3, -0.25) is 0 Å². The van der Waals surface area contributed by atoms with E-state index in [-0.39, 0.29) is 0 Å². The summed E-state index contributed by atoms with van der Waals surface area (Å²) in [6, 6.07) is 72.8. The maximum absolute atomic E-state index is 3.72. The van der Waals surface area contributed by atoms with Crippen LogP contribution in [0, 0.1) is 0 Å². The molecule has 0 atom stereocenters. The van der Waals surface area contributed by atoms with E-state index in [0.717, 1.165) is 22.6 Å². The van der Waals surface area contributed by atoms with Gasteiger partial charge in [-0.2, -0.15) is 0 Å². The number of hydrogen-bond acceptors (Lipinski definition) is 2. The molecule has 2 nitrogen and oxygen atoms in total. The van der Waals surface area contributed by atoms with Crippen LogP contribution in [0.3, 0.4) is 0 Å². The zero-order valence-electron chi connectivity index (χ0n) is 29.9. The highest BCUT2D eigenvalue weighted by atomic mass is 32.1. The monoisotopic (exact) mass is 718 g/mol. The number of benzene rings is 9. The van der Waals surface area contributed by atoms with Gasteiger partial charge in [0, 0.05) is 53.6 Å². The molecule has 0 bridgehead atoms. The quantitative estimate of drug-likeness (QED) is 0.181. The van der Waals surface area contributed by atoms with Crippen molar-refractivity contribution in [2.45, 2.75) is 0 Å². The molecule has 0 saturated heterocycles. The van der Waals surface area contributed by atoms with Crippen molar-refractivity contribution in [3.8, 4) is 39.1 Å². The Morgan fingerprint density at radius 1 is 0.364 bits per heavy atom. The summed E-state index contributed by atoms with van der Waals surface area (Å²) >= 11 is 1.87. The molecule has 55 heavy (non-hydrogen) atoms. The largest absolute Gasteiger partial charge is 0.355 e. The van der Waals surface area contributed by atoms with E-state index in [0.29, 0.717) is 0 Å². The molecule has 258 valence electrons. The van der Waals surface area contributed by atoms with E-state index >= 15 is 0 Å². The van der Waals surface area contributed by atoms with Crippen LogP contribution in [0.2, 0.25) is 0 Å². The van der Waals surface area contributed by atoms with Gasteiger partial charge in [-0.1, -0.05) is 140 Å². The molecular weight excluding hydrogens is 685 g/mol. The Labute approximate surface area is 323 Å². The summed E-state index contributed by atoms with van der Waals surface area (Å²) in [5.41, 5.74) is 12.9. The summed E-state index contributed by atoms with van der Waals surface area (Å²) in [5.74, 6) is 0. The minimum atomic E-state index is 1.06. The summed E-state index contributed by atoms with van der Waals surface area (Å²) in [6.07, 6.45) is 0. The lowest BCUT2D eigenvalue weighted by atomic mass is 9.97. The fraction of sp³-hybridized carbons (Fsp3) is 0. The van der Waals surface area contributed by atoms with Crippen molar-refractivity contribution in [2.24, 2.45) is 0 Å². The van der Waals surface area contributed by atoms with Crippen molar-refractivity contribution in [1.29, 1.82) is 0 Å². The Kier molecular flexibility index (Phi) is 7.39. The molecule has 0 aliphatic carbocycles. The van der Waals surface area contributed by atoms with Crippen LogP contribution in [0.4, 0.5) is 11.4 Å². The lowest BCUT2D eigenvalue weighted by molar-refractivity contribution is 1.19. The number of fused-ring (bicyclic) bond motifs is 7. The van der Waals surface area contributed by atoms with Crippen LogP contribution < -0.4 is 5.32 Å². The van der Waals surface area contributed by atoms with Crippen molar-refractivity contribution in [3.63, 3.8) is 0 Å². The van der Waals surface area contributed by atoms with Gasteiger partial charge in [0.05, 0.1) is 11.0 Å². The molecule has 0 radical (unpaired) electrons. The molecule has 2 aromatic heterocycles. The molecule has 11 aromatic rings. The molecule has 0 aliphatic heterocycles. The first-order valence-electron chi connectivity index (χ1n) is 18.7. The average molecular weight is 719 g/mol. The van der Waals surface area contributed by atoms with Crippen molar-refractivity contribution in [1.82, 2.24) is 4.57 Å². The molecule has 0 unspecified atom stereocenters. The number of anilines is 2. The van der Waals surface area contributed by atoms with Crippen molar-refractivity contribution in [2.75, 3.05) is 5.32 Å². The Morgan fingerprint density at radius 2 is 0.964 bits per heavy atom. The molecule has 0 amide bonds. The van der Waals surface area contributed by atoms with Gasteiger partial charge < -0.3 is 9.88 Å². The third-order valence-electron chi connectivity index (χ3n) is 11.0. The first-order chi connectivity index (χ1) is 27.2. The van der Waals surface area contributed by atoms with Gasteiger partial charge in [0.1, 0.15) is 0 Å². The fourth-order valence-electron chi connectivity index (χ4n) is 8.26. The number of para-hydroxylation sites is 2. The molecule has 11 rings (SSSR count).